The van der Waals surface area contributed by atoms with Crippen LogP contribution in [0.5, 0.6) is 0 Å². The first-order chi connectivity index (χ1) is 12.7. The Hall–Kier alpha value is -1.37. The van der Waals surface area contributed by atoms with Gasteiger partial charge in [-0.15, -0.1) is 0 Å². The SMILES string of the molecule is CN(C(=O)OC(C)(C)C)[C@@H](COCc1ccccc1)CO[Si](C)(C)C(C)(C)C. The Morgan fingerprint density at radius 1 is 1.04 bits per heavy atom. The van der Waals surface area contributed by atoms with Gasteiger partial charge < -0.3 is 18.8 Å². The molecule has 0 aliphatic heterocycles. The van der Waals surface area contributed by atoms with E-state index in [0.717, 1.165) is 5.56 Å². The lowest BCUT2D eigenvalue weighted by Crippen LogP contribution is -2.49. The molecule has 0 spiro atoms. The highest BCUT2D eigenvalue weighted by Crippen LogP contribution is 2.36. The van der Waals surface area contributed by atoms with Crippen molar-refractivity contribution in [3.05, 3.63) is 35.9 Å². The fourth-order valence-corrected chi connectivity index (χ4v) is 3.20. The van der Waals surface area contributed by atoms with Crippen molar-refractivity contribution in [2.75, 3.05) is 20.3 Å². The molecule has 0 fully saturated rings. The molecule has 1 atom stereocenters. The summed E-state index contributed by atoms with van der Waals surface area (Å²) in [7, 11) is -0.183. The second-order valence-electron chi connectivity index (χ2n) is 9.82. The van der Waals surface area contributed by atoms with E-state index in [1.54, 1.807) is 11.9 Å². The highest BCUT2D eigenvalue weighted by atomic mass is 28.4. The summed E-state index contributed by atoms with van der Waals surface area (Å²) >= 11 is 0. The van der Waals surface area contributed by atoms with Crippen LogP contribution in [0.15, 0.2) is 30.3 Å². The van der Waals surface area contributed by atoms with Crippen LogP contribution in [0.25, 0.3) is 0 Å². The molecular formula is C22H39NO4Si. The van der Waals surface area contributed by atoms with Gasteiger partial charge in [-0.2, -0.15) is 0 Å². The number of amides is 1. The quantitative estimate of drug-likeness (QED) is 0.535. The Morgan fingerprint density at radius 3 is 2.11 bits per heavy atom. The summed E-state index contributed by atoms with van der Waals surface area (Å²) in [6, 6.07) is 9.80. The average Bonchev–Trinajstić information content (AvgIpc) is 2.55. The molecule has 1 aromatic rings. The van der Waals surface area contributed by atoms with Gasteiger partial charge in [-0.05, 0) is 44.5 Å². The largest absolute Gasteiger partial charge is 0.444 e. The van der Waals surface area contributed by atoms with Gasteiger partial charge in [-0.3, -0.25) is 0 Å². The van der Waals surface area contributed by atoms with E-state index >= 15 is 0 Å². The number of rotatable bonds is 8. The fourth-order valence-electron chi connectivity index (χ4n) is 2.16. The highest BCUT2D eigenvalue weighted by molar-refractivity contribution is 6.74. The van der Waals surface area contributed by atoms with E-state index in [9.17, 15) is 4.79 Å². The first kappa shape index (κ1) is 24.7. The van der Waals surface area contributed by atoms with Crippen molar-refractivity contribution in [3.8, 4) is 0 Å². The number of carbonyl (C=O) groups is 1. The number of nitrogens with zero attached hydrogens (tertiary/aromatic N) is 1. The summed E-state index contributed by atoms with van der Waals surface area (Å²) in [5, 5.41) is 0.104. The van der Waals surface area contributed by atoms with Crippen molar-refractivity contribution in [1.82, 2.24) is 4.90 Å². The molecule has 6 heteroatoms. The third-order valence-electron chi connectivity index (χ3n) is 5.09. The smallest absolute Gasteiger partial charge is 0.410 e. The zero-order chi connectivity index (χ0) is 21.6. The summed E-state index contributed by atoms with van der Waals surface area (Å²) in [5.74, 6) is 0. The zero-order valence-corrected chi connectivity index (χ0v) is 20.2. The van der Waals surface area contributed by atoms with E-state index < -0.39 is 13.9 Å². The predicted molar refractivity (Wildman–Crippen MR) is 117 cm³/mol. The topological polar surface area (TPSA) is 48.0 Å². The molecule has 0 aliphatic rings. The third-order valence-corrected chi connectivity index (χ3v) is 9.59. The van der Waals surface area contributed by atoms with E-state index in [1.807, 2.05) is 51.1 Å². The number of benzene rings is 1. The molecule has 1 aromatic carbocycles. The lowest BCUT2D eigenvalue weighted by Gasteiger charge is -2.38. The predicted octanol–water partition coefficient (Wildman–Crippen LogP) is 5.46. The molecule has 5 nitrogen and oxygen atoms in total. The molecule has 0 unspecified atom stereocenters. The van der Waals surface area contributed by atoms with E-state index in [-0.39, 0.29) is 17.2 Å². The van der Waals surface area contributed by atoms with E-state index in [2.05, 4.69) is 33.9 Å². The van der Waals surface area contributed by atoms with Crippen LogP contribution in [-0.2, 0) is 20.5 Å². The van der Waals surface area contributed by atoms with Crippen LogP contribution in [0, 0.1) is 0 Å². The minimum absolute atomic E-state index is 0.104. The van der Waals surface area contributed by atoms with Gasteiger partial charge in [0.1, 0.15) is 5.60 Å². The van der Waals surface area contributed by atoms with Crippen LogP contribution in [0.1, 0.15) is 47.1 Å². The molecule has 0 aliphatic carbocycles. The van der Waals surface area contributed by atoms with Crippen LogP contribution in [0.3, 0.4) is 0 Å². The van der Waals surface area contributed by atoms with E-state index in [1.165, 1.54) is 0 Å². The average molecular weight is 410 g/mol. The van der Waals surface area contributed by atoms with Crippen LogP contribution in [0.2, 0.25) is 18.1 Å². The molecule has 1 amide bonds. The van der Waals surface area contributed by atoms with Crippen LogP contribution < -0.4 is 0 Å². The molecule has 0 radical (unpaired) electrons. The van der Waals surface area contributed by atoms with Gasteiger partial charge in [0.2, 0.25) is 0 Å². The summed E-state index contributed by atoms with van der Waals surface area (Å²) in [6.07, 6.45) is -0.361. The zero-order valence-electron chi connectivity index (χ0n) is 19.2. The molecule has 0 N–H and O–H groups in total. The lowest BCUT2D eigenvalue weighted by molar-refractivity contribution is -0.00330. The standard InChI is InChI=1S/C22H39NO4Si/c1-21(2,3)27-20(24)23(7)19(17-26-28(8,9)22(4,5)6)16-25-15-18-13-11-10-12-14-18/h10-14,19H,15-17H2,1-9H3/t19-/m0/s1. The van der Waals surface area contributed by atoms with Crippen molar-refractivity contribution < 1.29 is 18.7 Å². The monoisotopic (exact) mass is 409 g/mol. The normalized spacial score (nSPS) is 13.9. The highest BCUT2D eigenvalue weighted by Gasteiger charge is 2.38. The van der Waals surface area contributed by atoms with Crippen molar-refractivity contribution in [2.24, 2.45) is 0 Å². The van der Waals surface area contributed by atoms with Crippen LogP contribution >= 0.6 is 0 Å². The Morgan fingerprint density at radius 2 is 1.61 bits per heavy atom. The number of hydrogen-bond acceptors (Lipinski definition) is 4. The van der Waals surface area contributed by atoms with Crippen molar-refractivity contribution >= 4 is 14.4 Å². The van der Waals surface area contributed by atoms with E-state index in [4.69, 9.17) is 13.9 Å². The van der Waals surface area contributed by atoms with Gasteiger partial charge in [0.25, 0.3) is 0 Å². The Labute approximate surface area is 172 Å². The minimum atomic E-state index is -1.93. The van der Waals surface area contributed by atoms with Crippen LogP contribution in [-0.4, -0.2) is 51.2 Å². The third kappa shape index (κ3) is 8.33. The molecule has 0 saturated heterocycles. The number of likely N-dealkylation sites (N-methyl/N-ethyl adjacent to an activating group) is 1. The minimum Gasteiger partial charge on any atom is -0.444 e. The number of carbonyl (C=O) groups excluding carboxylic acids is 1. The van der Waals surface area contributed by atoms with Gasteiger partial charge in [-0.1, -0.05) is 51.1 Å². The van der Waals surface area contributed by atoms with Crippen LogP contribution in [0.4, 0.5) is 4.79 Å². The summed E-state index contributed by atoms with van der Waals surface area (Å²) in [5.41, 5.74) is 0.563. The summed E-state index contributed by atoms with van der Waals surface area (Å²) < 4.78 is 17.8. The fraction of sp³-hybridized carbons (Fsp3) is 0.682. The maximum atomic E-state index is 12.6. The molecule has 160 valence electrons. The van der Waals surface area contributed by atoms with Gasteiger partial charge in [0, 0.05) is 7.05 Å². The Bertz CT molecular complexity index is 605. The van der Waals surface area contributed by atoms with Gasteiger partial charge in [0.05, 0.1) is 25.9 Å². The van der Waals surface area contributed by atoms with Crippen molar-refractivity contribution in [2.45, 2.75) is 77.9 Å². The van der Waals surface area contributed by atoms with Gasteiger partial charge >= 0.3 is 6.09 Å². The Balaban J connectivity index is 2.79. The molecule has 0 saturated carbocycles. The molecule has 1 rings (SSSR count). The number of hydrogen-bond donors (Lipinski definition) is 0. The lowest BCUT2D eigenvalue weighted by atomic mass is 10.2. The second-order valence-corrected chi connectivity index (χ2v) is 14.6. The first-order valence-corrected chi connectivity index (χ1v) is 12.9. The van der Waals surface area contributed by atoms with Gasteiger partial charge in [-0.25, -0.2) is 4.79 Å². The van der Waals surface area contributed by atoms with E-state index in [0.29, 0.717) is 19.8 Å². The first-order valence-electron chi connectivity index (χ1n) is 9.94. The van der Waals surface area contributed by atoms with Crippen molar-refractivity contribution in [1.29, 1.82) is 0 Å². The molecular weight excluding hydrogens is 370 g/mol. The van der Waals surface area contributed by atoms with Gasteiger partial charge in [0.15, 0.2) is 8.32 Å². The summed E-state index contributed by atoms with van der Waals surface area (Å²) in [4.78, 5) is 14.2. The summed E-state index contributed by atoms with van der Waals surface area (Å²) in [6.45, 7) is 18.0. The second kappa shape index (κ2) is 9.90. The maximum absolute atomic E-state index is 12.6. The molecule has 28 heavy (non-hydrogen) atoms. The Kier molecular flexibility index (Phi) is 8.72. The molecule has 0 bridgehead atoms. The molecule has 0 heterocycles. The molecule has 0 aromatic heterocycles. The van der Waals surface area contributed by atoms with Crippen molar-refractivity contribution in [3.63, 3.8) is 0 Å². The number of ether oxygens (including phenoxy) is 2. The maximum Gasteiger partial charge on any atom is 0.410 e.